The number of hydrogen-bond acceptors (Lipinski definition) is 8. The van der Waals surface area contributed by atoms with E-state index < -0.39 is 23.9 Å². The van der Waals surface area contributed by atoms with Crippen LogP contribution in [0.2, 0.25) is 0 Å². The maximum atomic E-state index is 14.4. The van der Waals surface area contributed by atoms with Crippen LogP contribution in [0.3, 0.4) is 0 Å². The Morgan fingerprint density at radius 1 is 1.02 bits per heavy atom. The Kier molecular flexibility index (Phi) is 11.4. The van der Waals surface area contributed by atoms with Crippen molar-refractivity contribution in [3.05, 3.63) is 134 Å². The van der Waals surface area contributed by atoms with Gasteiger partial charge in [-0.2, -0.15) is 0 Å². The maximum absolute atomic E-state index is 14.4. The summed E-state index contributed by atoms with van der Waals surface area (Å²) in [6.45, 7) is 0.388. The molecule has 11 nitrogen and oxygen atoms in total. The van der Waals surface area contributed by atoms with Crippen LogP contribution in [0.15, 0.2) is 112 Å². The average Bonchev–Trinajstić information content (AvgIpc) is 3.47. The summed E-state index contributed by atoms with van der Waals surface area (Å²) in [5.41, 5.74) is 15.8. The van der Waals surface area contributed by atoms with E-state index in [4.69, 9.17) is 19.6 Å². The topological polar surface area (TPSA) is 150 Å². The van der Waals surface area contributed by atoms with Crippen LogP contribution in [0.4, 0.5) is 18.9 Å². The Labute approximate surface area is 287 Å². The second-order valence-corrected chi connectivity index (χ2v) is 11.7. The van der Waals surface area contributed by atoms with Gasteiger partial charge in [-0.15, -0.1) is 13.2 Å². The van der Waals surface area contributed by atoms with Gasteiger partial charge in [0.05, 0.1) is 6.61 Å². The molecule has 0 unspecified atom stereocenters. The average molecular weight is 740 g/mol. The lowest BCUT2D eigenvalue weighted by Gasteiger charge is -2.31. The first-order valence-electron chi connectivity index (χ1n) is 15.0. The van der Waals surface area contributed by atoms with Crippen molar-refractivity contribution in [1.29, 1.82) is 0 Å². The molecule has 2 atom stereocenters. The monoisotopic (exact) mass is 738 g/mol. The molecule has 0 radical (unpaired) electrons. The Morgan fingerprint density at radius 2 is 1.71 bits per heavy atom. The maximum Gasteiger partial charge on any atom is 0.573 e. The zero-order chi connectivity index (χ0) is 34.9. The van der Waals surface area contributed by atoms with Gasteiger partial charge in [0.25, 0.3) is 5.91 Å². The fourth-order valence-corrected chi connectivity index (χ4v) is 5.61. The molecule has 0 saturated heterocycles. The fraction of sp³-hybridized carbons (Fsp3) is 0.235. The number of azide groups is 1. The van der Waals surface area contributed by atoms with Crippen LogP contribution in [0.1, 0.15) is 34.8 Å². The molecule has 4 aromatic rings. The number of nitrogens with zero attached hydrogens (tertiary/aromatic N) is 4. The normalized spacial score (nSPS) is 17.0. The minimum absolute atomic E-state index is 0.00116. The van der Waals surface area contributed by atoms with Gasteiger partial charge in [0.15, 0.2) is 11.6 Å². The first kappa shape index (κ1) is 35.2. The molecule has 5 rings (SSSR count). The van der Waals surface area contributed by atoms with E-state index in [9.17, 15) is 23.5 Å². The molecule has 0 spiro atoms. The number of halogens is 4. The second kappa shape index (κ2) is 15.9. The summed E-state index contributed by atoms with van der Waals surface area (Å²) in [4.78, 5) is 22.4. The molecule has 0 fully saturated rings. The molecule has 4 aromatic carbocycles. The third-order valence-electron chi connectivity index (χ3n) is 7.47. The molecule has 1 aliphatic rings. The summed E-state index contributed by atoms with van der Waals surface area (Å²) in [5.74, 6) is -0.227. The van der Waals surface area contributed by atoms with Crippen molar-refractivity contribution in [2.75, 3.05) is 13.2 Å². The van der Waals surface area contributed by atoms with E-state index in [0.717, 1.165) is 10.0 Å². The number of aliphatic imine (C=N–C) groups is 1. The van der Waals surface area contributed by atoms with Crippen LogP contribution >= 0.6 is 15.9 Å². The van der Waals surface area contributed by atoms with Gasteiger partial charge in [-0.3, -0.25) is 10.2 Å². The van der Waals surface area contributed by atoms with E-state index in [0.29, 0.717) is 35.5 Å². The lowest BCUT2D eigenvalue weighted by atomic mass is 9.81. The van der Waals surface area contributed by atoms with Crippen molar-refractivity contribution >= 4 is 33.4 Å². The Morgan fingerprint density at radius 3 is 2.41 bits per heavy atom. The number of hydrogen-bond donors (Lipinski definition) is 3. The number of alkyl halides is 3. The van der Waals surface area contributed by atoms with E-state index >= 15 is 0 Å². The molecule has 0 saturated carbocycles. The summed E-state index contributed by atoms with van der Waals surface area (Å²) >= 11 is 3.58. The first-order chi connectivity index (χ1) is 23.6. The van der Waals surface area contributed by atoms with Crippen molar-refractivity contribution in [1.82, 2.24) is 10.9 Å². The predicted octanol–water partition coefficient (Wildman–Crippen LogP) is 7.37. The third kappa shape index (κ3) is 8.89. The van der Waals surface area contributed by atoms with Gasteiger partial charge < -0.3 is 19.3 Å². The summed E-state index contributed by atoms with van der Waals surface area (Å²) in [6, 6.07) is 26.2. The van der Waals surface area contributed by atoms with E-state index in [1.165, 1.54) is 24.3 Å². The molecule has 15 heteroatoms. The lowest BCUT2D eigenvalue weighted by molar-refractivity contribution is -0.274. The van der Waals surface area contributed by atoms with Crippen molar-refractivity contribution in [3.63, 3.8) is 0 Å². The SMILES string of the molecule is [N-]=[N+]=Nc1ccccc1[C@@H]1OC(c2ccc(OCCCO)cc2)=N[C@]1(Cc1ccccc1Br)C(=O)NNCc1ccc(OC(F)(F)F)cc1. The largest absolute Gasteiger partial charge is 0.573 e. The molecule has 1 amide bonds. The highest BCUT2D eigenvalue weighted by atomic mass is 79.9. The number of rotatable bonds is 14. The summed E-state index contributed by atoms with van der Waals surface area (Å²) in [5, 5.41) is 12.9. The minimum Gasteiger partial charge on any atom is -0.494 e. The van der Waals surface area contributed by atoms with Crippen molar-refractivity contribution < 1.29 is 37.3 Å². The molecular weight excluding hydrogens is 709 g/mol. The summed E-state index contributed by atoms with van der Waals surface area (Å²) in [7, 11) is 0. The third-order valence-corrected chi connectivity index (χ3v) is 8.24. The number of aliphatic hydroxyl groups is 1. The van der Waals surface area contributed by atoms with Gasteiger partial charge in [-0.1, -0.05) is 75.6 Å². The molecular formula is C34H30BrF3N6O5. The molecule has 254 valence electrons. The summed E-state index contributed by atoms with van der Waals surface area (Å²) in [6.07, 6.45) is -5.37. The fourth-order valence-electron chi connectivity index (χ4n) is 5.18. The Balaban J connectivity index is 1.51. The highest BCUT2D eigenvalue weighted by molar-refractivity contribution is 9.10. The van der Waals surface area contributed by atoms with Crippen LogP contribution < -0.4 is 20.3 Å². The highest BCUT2D eigenvalue weighted by Gasteiger charge is 2.54. The number of aliphatic hydroxyl groups excluding tert-OH is 1. The number of amides is 1. The zero-order valence-electron chi connectivity index (χ0n) is 25.7. The second-order valence-electron chi connectivity index (χ2n) is 10.8. The van der Waals surface area contributed by atoms with Crippen LogP contribution in [-0.2, 0) is 22.5 Å². The molecule has 3 N–H and O–H groups in total. The minimum atomic E-state index is -4.82. The van der Waals surface area contributed by atoms with Crippen molar-refractivity contribution in [2.24, 2.45) is 10.1 Å². The first-order valence-corrected chi connectivity index (χ1v) is 15.8. The van der Waals surface area contributed by atoms with Crippen LogP contribution in [0.25, 0.3) is 10.4 Å². The van der Waals surface area contributed by atoms with E-state index in [1.54, 1.807) is 48.5 Å². The van der Waals surface area contributed by atoms with Gasteiger partial charge in [0, 0.05) is 52.2 Å². The van der Waals surface area contributed by atoms with Crippen LogP contribution in [0, 0.1) is 0 Å². The summed E-state index contributed by atoms with van der Waals surface area (Å²) < 4.78 is 54.6. The number of nitrogens with one attached hydrogen (secondary N) is 2. The van der Waals surface area contributed by atoms with Gasteiger partial charge in [-0.05, 0) is 59.1 Å². The molecule has 0 bridgehead atoms. The van der Waals surface area contributed by atoms with Crippen molar-refractivity contribution in [2.45, 2.75) is 37.4 Å². The molecule has 1 heterocycles. The van der Waals surface area contributed by atoms with E-state index in [1.807, 2.05) is 24.3 Å². The predicted molar refractivity (Wildman–Crippen MR) is 178 cm³/mol. The van der Waals surface area contributed by atoms with Gasteiger partial charge in [-0.25, -0.2) is 10.4 Å². The number of ether oxygens (including phenoxy) is 3. The van der Waals surface area contributed by atoms with Gasteiger partial charge in [0.2, 0.25) is 5.90 Å². The molecule has 49 heavy (non-hydrogen) atoms. The van der Waals surface area contributed by atoms with Gasteiger partial charge in [0.1, 0.15) is 11.5 Å². The number of carbonyl (C=O) groups is 1. The van der Waals surface area contributed by atoms with Crippen LogP contribution in [-0.4, -0.2) is 42.0 Å². The van der Waals surface area contributed by atoms with E-state index in [-0.39, 0.29) is 36.9 Å². The molecule has 0 aliphatic carbocycles. The highest BCUT2D eigenvalue weighted by Crippen LogP contribution is 2.46. The number of carbonyl (C=O) groups excluding carboxylic acids is 1. The van der Waals surface area contributed by atoms with Gasteiger partial charge >= 0.3 is 6.36 Å². The quantitative estimate of drug-likeness (QED) is 0.0404. The molecule has 0 aromatic heterocycles. The Hall–Kier alpha value is -5.08. The standard InChI is InChI=1S/C34H30BrF3N6O5/c35-28-8-3-1-6-24(28)20-33(32(46)43-40-21-22-10-14-26(15-11-22)49-34(36,37)38)30(27-7-2-4-9-29(27)42-44-39)48-31(41-33)23-12-16-25(17-13-23)47-19-5-18-45/h1-4,6-17,30,40,45H,5,18-21H2,(H,43,46)/t30-,33-/m0/s1. The smallest absolute Gasteiger partial charge is 0.494 e. The lowest BCUT2D eigenvalue weighted by Crippen LogP contribution is -2.53. The zero-order valence-corrected chi connectivity index (χ0v) is 27.3. The number of hydrazine groups is 1. The van der Waals surface area contributed by atoms with Crippen molar-refractivity contribution in [3.8, 4) is 11.5 Å². The van der Waals surface area contributed by atoms with E-state index in [2.05, 4.69) is 41.5 Å². The number of benzene rings is 4. The van der Waals surface area contributed by atoms with Crippen LogP contribution in [0.5, 0.6) is 11.5 Å². The Bertz CT molecular complexity index is 1840. The molecule has 1 aliphatic heterocycles.